The van der Waals surface area contributed by atoms with Gasteiger partial charge in [0.1, 0.15) is 24.2 Å². The minimum absolute atomic E-state index is 0.0807. The van der Waals surface area contributed by atoms with Gasteiger partial charge in [0, 0.05) is 32.7 Å². The Balaban J connectivity index is 1.54. The van der Waals surface area contributed by atoms with Crippen LogP contribution in [0.4, 0.5) is 0 Å². The number of hydrogen-bond acceptors (Lipinski definition) is 5. The Morgan fingerprint density at radius 1 is 1.19 bits per heavy atom. The highest BCUT2D eigenvalue weighted by atomic mass is 16.5. The monoisotopic (exact) mass is 367 g/mol. The number of para-hydroxylation sites is 1. The average molecular weight is 367 g/mol. The molecule has 0 unspecified atom stereocenters. The second kappa shape index (κ2) is 8.74. The molecule has 0 atom stereocenters. The van der Waals surface area contributed by atoms with E-state index in [0.29, 0.717) is 41.8 Å². The van der Waals surface area contributed by atoms with Crippen LogP contribution in [-0.4, -0.2) is 48.4 Å². The quantitative estimate of drug-likeness (QED) is 0.784. The predicted molar refractivity (Wildman–Crippen MR) is 101 cm³/mol. The van der Waals surface area contributed by atoms with E-state index in [0.717, 1.165) is 19.6 Å². The first-order chi connectivity index (χ1) is 13.1. The number of nitrogens with zero attached hydrogens (tertiary/aromatic N) is 3. The molecule has 0 radical (unpaired) electrons. The minimum atomic E-state index is -0.0807. The van der Waals surface area contributed by atoms with Crippen molar-refractivity contribution >= 4 is 5.91 Å². The summed E-state index contributed by atoms with van der Waals surface area (Å²) in [6.45, 7) is 8.87. The first-order valence-corrected chi connectivity index (χ1v) is 9.29. The number of furan rings is 1. The Hall–Kier alpha value is -2.78. The van der Waals surface area contributed by atoms with Crippen molar-refractivity contribution in [3.63, 3.8) is 0 Å². The Labute approximate surface area is 159 Å². The van der Waals surface area contributed by atoms with Gasteiger partial charge in [0.05, 0.1) is 5.56 Å². The van der Waals surface area contributed by atoms with Crippen molar-refractivity contribution in [2.45, 2.75) is 20.5 Å². The molecule has 2 heterocycles. The molecule has 0 spiro atoms. The molecule has 6 nitrogen and oxygen atoms in total. The second-order valence-electron chi connectivity index (χ2n) is 7.15. The molecule has 1 aliphatic rings. The van der Waals surface area contributed by atoms with Crippen molar-refractivity contribution in [3.05, 3.63) is 53.5 Å². The van der Waals surface area contributed by atoms with Gasteiger partial charge in [-0.2, -0.15) is 5.26 Å². The highest BCUT2D eigenvalue weighted by molar-refractivity contribution is 5.91. The van der Waals surface area contributed by atoms with Crippen molar-refractivity contribution < 1.29 is 13.9 Å². The van der Waals surface area contributed by atoms with Crippen molar-refractivity contribution in [1.82, 2.24) is 9.80 Å². The number of nitriles is 1. The lowest BCUT2D eigenvalue weighted by Gasteiger charge is -2.35. The Kier molecular flexibility index (Phi) is 6.15. The number of hydrogen-bond donors (Lipinski definition) is 0. The van der Waals surface area contributed by atoms with Crippen molar-refractivity contribution in [1.29, 1.82) is 5.26 Å². The van der Waals surface area contributed by atoms with E-state index in [4.69, 9.17) is 14.4 Å². The van der Waals surface area contributed by atoms with Crippen molar-refractivity contribution in [2.24, 2.45) is 5.92 Å². The van der Waals surface area contributed by atoms with Crippen LogP contribution in [-0.2, 0) is 6.61 Å². The van der Waals surface area contributed by atoms with Gasteiger partial charge in [-0.15, -0.1) is 0 Å². The van der Waals surface area contributed by atoms with Gasteiger partial charge in [-0.25, -0.2) is 0 Å². The topological polar surface area (TPSA) is 69.7 Å². The first kappa shape index (κ1) is 19.0. The fourth-order valence-electron chi connectivity index (χ4n) is 3.21. The molecule has 3 rings (SSSR count). The van der Waals surface area contributed by atoms with E-state index in [-0.39, 0.29) is 12.5 Å². The first-order valence-electron chi connectivity index (χ1n) is 9.29. The average Bonchev–Trinajstić information content (AvgIpc) is 3.15. The van der Waals surface area contributed by atoms with E-state index in [9.17, 15) is 4.79 Å². The normalized spacial score (nSPS) is 15.0. The maximum Gasteiger partial charge on any atom is 0.289 e. The van der Waals surface area contributed by atoms with Gasteiger partial charge in [-0.1, -0.05) is 26.0 Å². The summed E-state index contributed by atoms with van der Waals surface area (Å²) < 4.78 is 11.3. The van der Waals surface area contributed by atoms with Crippen molar-refractivity contribution in [2.75, 3.05) is 32.7 Å². The zero-order valence-electron chi connectivity index (χ0n) is 15.9. The smallest absolute Gasteiger partial charge is 0.289 e. The summed E-state index contributed by atoms with van der Waals surface area (Å²) in [5.41, 5.74) is 0.472. The van der Waals surface area contributed by atoms with Crippen LogP contribution >= 0.6 is 0 Å². The molecule has 6 heteroatoms. The molecule has 1 saturated heterocycles. The summed E-state index contributed by atoms with van der Waals surface area (Å²) in [6, 6.07) is 12.6. The zero-order valence-corrected chi connectivity index (χ0v) is 15.9. The standard InChI is InChI=1S/C21H25N3O3/c1-16(2)14-23-9-11-24(12-10-23)21(25)20-8-7-18(27-20)15-26-19-6-4-3-5-17(19)13-22/h3-8,16H,9-12,14-15H2,1-2H3. The molecule has 0 N–H and O–H groups in total. The third-order valence-corrected chi connectivity index (χ3v) is 4.53. The molecule has 0 saturated carbocycles. The van der Waals surface area contributed by atoms with Gasteiger partial charge >= 0.3 is 0 Å². The number of carbonyl (C=O) groups excluding carboxylic acids is 1. The molecule has 1 amide bonds. The number of carbonyl (C=O) groups is 1. The van der Waals surface area contributed by atoms with Gasteiger partial charge < -0.3 is 14.1 Å². The van der Waals surface area contributed by atoms with Crippen molar-refractivity contribution in [3.8, 4) is 11.8 Å². The Morgan fingerprint density at radius 2 is 1.93 bits per heavy atom. The van der Waals surface area contributed by atoms with Crippen LogP contribution in [0.15, 0.2) is 40.8 Å². The van der Waals surface area contributed by atoms with E-state index in [1.807, 2.05) is 11.0 Å². The van der Waals surface area contributed by atoms with Crippen LogP contribution in [0.5, 0.6) is 5.75 Å². The van der Waals surface area contributed by atoms with Crippen LogP contribution in [0, 0.1) is 17.2 Å². The van der Waals surface area contributed by atoms with Gasteiger partial charge in [-0.05, 0) is 30.2 Å². The fraction of sp³-hybridized carbons (Fsp3) is 0.429. The summed E-state index contributed by atoms with van der Waals surface area (Å²) in [6.07, 6.45) is 0. The van der Waals surface area contributed by atoms with Crippen LogP contribution in [0.1, 0.15) is 35.7 Å². The van der Waals surface area contributed by atoms with Crippen LogP contribution in [0.2, 0.25) is 0 Å². The van der Waals surface area contributed by atoms with Gasteiger partial charge in [-0.3, -0.25) is 9.69 Å². The molecule has 27 heavy (non-hydrogen) atoms. The number of ether oxygens (including phenoxy) is 1. The fourth-order valence-corrected chi connectivity index (χ4v) is 3.21. The molecule has 1 aromatic heterocycles. The largest absolute Gasteiger partial charge is 0.484 e. The number of piperazine rings is 1. The molecule has 0 bridgehead atoms. The maximum absolute atomic E-state index is 12.6. The van der Waals surface area contributed by atoms with Crippen LogP contribution in [0.3, 0.4) is 0 Å². The lowest BCUT2D eigenvalue weighted by molar-refractivity contribution is 0.0590. The molecule has 1 fully saturated rings. The van der Waals surface area contributed by atoms with Gasteiger partial charge in [0.15, 0.2) is 5.76 Å². The molecule has 0 aliphatic carbocycles. The van der Waals surface area contributed by atoms with Gasteiger partial charge in [0.25, 0.3) is 5.91 Å². The van der Waals surface area contributed by atoms with E-state index in [1.165, 1.54) is 0 Å². The lowest BCUT2D eigenvalue weighted by Crippen LogP contribution is -2.49. The number of amides is 1. The third-order valence-electron chi connectivity index (χ3n) is 4.53. The molecule has 2 aromatic rings. The Morgan fingerprint density at radius 3 is 2.63 bits per heavy atom. The SMILES string of the molecule is CC(C)CN1CCN(C(=O)c2ccc(COc3ccccc3C#N)o2)CC1. The van der Waals surface area contributed by atoms with Crippen LogP contribution < -0.4 is 4.74 Å². The third kappa shape index (κ3) is 4.89. The molecule has 1 aromatic carbocycles. The van der Waals surface area contributed by atoms with E-state index >= 15 is 0 Å². The zero-order chi connectivity index (χ0) is 19.2. The van der Waals surface area contributed by atoms with Gasteiger partial charge in [0.2, 0.25) is 0 Å². The number of benzene rings is 1. The summed E-state index contributed by atoms with van der Waals surface area (Å²) in [5.74, 6) is 1.95. The second-order valence-corrected chi connectivity index (χ2v) is 7.15. The molecular weight excluding hydrogens is 342 g/mol. The molecule has 1 aliphatic heterocycles. The van der Waals surface area contributed by atoms with E-state index in [1.54, 1.807) is 30.3 Å². The summed E-state index contributed by atoms with van der Waals surface area (Å²) in [4.78, 5) is 16.9. The number of rotatable bonds is 6. The molecular formula is C21H25N3O3. The summed E-state index contributed by atoms with van der Waals surface area (Å²) in [7, 11) is 0. The highest BCUT2D eigenvalue weighted by Crippen LogP contribution is 2.19. The van der Waals surface area contributed by atoms with E-state index < -0.39 is 0 Å². The Bertz CT molecular complexity index is 814. The maximum atomic E-state index is 12.6. The molecule has 142 valence electrons. The minimum Gasteiger partial charge on any atom is -0.484 e. The predicted octanol–water partition coefficient (Wildman–Crippen LogP) is 3.14. The highest BCUT2D eigenvalue weighted by Gasteiger charge is 2.24. The lowest BCUT2D eigenvalue weighted by atomic mass is 10.2. The van der Waals surface area contributed by atoms with Crippen LogP contribution in [0.25, 0.3) is 0 Å². The summed E-state index contributed by atoms with van der Waals surface area (Å²) >= 11 is 0. The van der Waals surface area contributed by atoms with E-state index in [2.05, 4.69) is 24.8 Å². The summed E-state index contributed by atoms with van der Waals surface area (Å²) in [5, 5.41) is 9.10.